The van der Waals surface area contributed by atoms with E-state index in [-0.39, 0.29) is 5.78 Å². The summed E-state index contributed by atoms with van der Waals surface area (Å²) in [7, 11) is 0. The number of thiophene rings is 1. The van der Waals surface area contributed by atoms with Crippen molar-refractivity contribution in [3.05, 3.63) is 33.3 Å². The standard InChI is InChI=1S/C10H8ClNO2S2/c1-6-4-14-10(12-6)15-5-7(13)8-2-3-9(11)16-8/h2-4H,5H2,1H3. The molecule has 0 fully saturated rings. The average molecular weight is 274 g/mol. The third kappa shape index (κ3) is 2.87. The molecule has 0 amide bonds. The number of Topliss-reactive ketones (excluding diaryl/α,β-unsaturated/α-hetero) is 1. The van der Waals surface area contributed by atoms with Crippen LogP contribution in [-0.2, 0) is 0 Å². The highest BCUT2D eigenvalue weighted by Crippen LogP contribution is 2.24. The smallest absolute Gasteiger partial charge is 0.256 e. The predicted molar refractivity (Wildman–Crippen MR) is 65.6 cm³/mol. The van der Waals surface area contributed by atoms with Crippen molar-refractivity contribution in [3.63, 3.8) is 0 Å². The third-order valence-electron chi connectivity index (χ3n) is 1.77. The van der Waals surface area contributed by atoms with Gasteiger partial charge in [0.05, 0.1) is 20.7 Å². The van der Waals surface area contributed by atoms with E-state index >= 15 is 0 Å². The van der Waals surface area contributed by atoms with Crippen LogP contribution in [0.2, 0.25) is 4.34 Å². The largest absolute Gasteiger partial charge is 0.440 e. The van der Waals surface area contributed by atoms with E-state index in [1.807, 2.05) is 6.92 Å². The lowest BCUT2D eigenvalue weighted by molar-refractivity contribution is 0.102. The van der Waals surface area contributed by atoms with E-state index in [2.05, 4.69) is 4.98 Å². The third-order valence-corrected chi connectivity index (χ3v) is 3.89. The van der Waals surface area contributed by atoms with Gasteiger partial charge in [0.15, 0.2) is 5.78 Å². The lowest BCUT2D eigenvalue weighted by Crippen LogP contribution is -1.98. The Morgan fingerprint density at radius 2 is 2.44 bits per heavy atom. The lowest BCUT2D eigenvalue weighted by atomic mass is 10.4. The summed E-state index contributed by atoms with van der Waals surface area (Å²) in [6.07, 6.45) is 1.56. The van der Waals surface area contributed by atoms with Crippen molar-refractivity contribution in [1.29, 1.82) is 0 Å². The first-order valence-electron chi connectivity index (χ1n) is 4.48. The summed E-state index contributed by atoms with van der Waals surface area (Å²) in [4.78, 5) is 16.5. The summed E-state index contributed by atoms with van der Waals surface area (Å²) in [5.74, 6) is 0.356. The number of halogens is 1. The summed E-state index contributed by atoms with van der Waals surface area (Å²) in [6.45, 7) is 1.84. The Kier molecular flexibility index (Phi) is 3.68. The molecule has 0 unspecified atom stereocenters. The van der Waals surface area contributed by atoms with Gasteiger partial charge in [0, 0.05) is 0 Å². The number of rotatable bonds is 4. The number of hydrogen-bond acceptors (Lipinski definition) is 5. The van der Waals surface area contributed by atoms with Gasteiger partial charge in [0.1, 0.15) is 6.26 Å². The highest BCUT2D eigenvalue weighted by Gasteiger charge is 2.11. The van der Waals surface area contributed by atoms with Crippen LogP contribution in [0.5, 0.6) is 0 Å². The number of oxazole rings is 1. The van der Waals surface area contributed by atoms with Gasteiger partial charge in [-0.15, -0.1) is 11.3 Å². The fourth-order valence-electron chi connectivity index (χ4n) is 1.06. The number of aromatic nitrogens is 1. The van der Waals surface area contributed by atoms with Crippen molar-refractivity contribution in [2.45, 2.75) is 12.1 Å². The molecule has 0 bridgehead atoms. The molecule has 16 heavy (non-hydrogen) atoms. The normalized spacial score (nSPS) is 10.6. The Morgan fingerprint density at radius 3 is 3.00 bits per heavy atom. The van der Waals surface area contributed by atoms with E-state index in [1.54, 1.807) is 18.4 Å². The van der Waals surface area contributed by atoms with E-state index in [9.17, 15) is 4.79 Å². The van der Waals surface area contributed by atoms with Gasteiger partial charge in [-0.25, -0.2) is 4.98 Å². The molecule has 0 atom stereocenters. The van der Waals surface area contributed by atoms with Gasteiger partial charge in [-0.1, -0.05) is 23.4 Å². The average Bonchev–Trinajstić information content (AvgIpc) is 2.84. The molecule has 3 nitrogen and oxygen atoms in total. The van der Waals surface area contributed by atoms with Crippen LogP contribution in [0, 0.1) is 6.92 Å². The number of ketones is 1. The Hall–Kier alpha value is -0.780. The minimum Gasteiger partial charge on any atom is -0.440 e. The number of hydrogen-bond donors (Lipinski definition) is 0. The monoisotopic (exact) mass is 273 g/mol. The zero-order valence-electron chi connectivity index (χ0n) is 8.40. The first kappa shape index (κ1) is 11.7. The van der Waals surface area contributed by atoms with E-state index in [4.69, 9.17) is 16.0 Å². The fraction of sp³-hybridized carbons (Fsp3) is 0.200. The maximum Gasteiger partial charge on any atom is 0.256 e. The Bertz CT molecular complexity index is 506. The molecule has 0 saturated heterocycles. The molecule has 2 aromatic rings. The SMILES string of the molecule is Cc1coc(SCC(=O)c2ccc(Cl)s2)n1. The quantitative estimate of drug-likeness (QED) is 0.630. The minimum absolute atomic E-state index is 0.0396. The Balaban J connectivity index is 1.93. The summed E-state index contributed by atoms with van der Waals surface area (Å²) in [5, 5.41) is 0.522. The number of carbonyl (C=O) groups excluding carboxylic acids is 1. The van der Waals surface area contributed by atoms with Crippen LogP contribution in [-0.4, -0.2) is 16.5 Å². The van der Waals surface area contributed by atoms with Crippen LogP contribution < -0.4 is 0 Å². The zero-order chi connectivity index (χ0) is 11.5. The molecule has 6 heteroatoms. The molecule has 0 aromatic carbocycles. The van der Waals surface area contributed by atoms with E-state index < -0.39 is 0 Å². The van der Waals surface area contributed by atoms with Crippen LogP contribution in [0.1, 0.15) is 15.4 Å². The van der Waals surface area contributed by atoms with Gasteiger partial charge in [0.2, 0.25) is 0 Å². The summed E-state index contributed by atoms with van der Waals surface area (Å²) >= 11 is 8.33. The maximum atomic E-state index is 11.7. The van der Waals surface area contributed by atoms with Crippen LogP contribution in [0.15, 0.2) is 28.0 Å². The van der Waals surface area contributed by atoms with Crippen LogP contribution >= 0.6 is 34.7 Å². The number of aryl methyl sites for hydroxylation is 1. The molecule has 0 aliphatic carbocycles. The van der Waals surface area contributed by atoms with Crippen LogP contribution in [0.3, 0.4) is 0 Å². The molecule has 84 valence electrons. The lowest BCUT2D eigenvalue weighted by Gasteiger charge is -1.94. The summed E-state index contributed by atoms with van der Waals surface area (Å²) in [6, 6.07) is 3.45. The molecule has 0 N–H and O–H groups in total. The number of carbonyl (C=O) groups is 1. The van der Waals surface area contributed by atoms with Crippen LogP contribution in [0.25, 0.3) is 0 Å². The van der Waals surface area contributed by atoms with Gasteiger partial charge in [-0.05, 0) is 19.1 Å². The van der Waals surface area contributed by atoms with Crippen LogP contribution in [0.4, 0.5) is 0 Å². The molecule has 0 spiro atoms. The van der Waals surface area contributed by atoms with Crippen molar-refractivity contribution in [2.24, 2.45) is 0 Å². The second kappa shape index (κ2) is 5.03. The molecule has 0 aliphatic heterocycles. The molecule has 2 aromatic heterocycles. The van der Waals surface area contributed by atoms with E-state index in [0.717, 1.165) is 5.69 Å². The first-order valence-corrected chi connectivity index (χ1v) is 6.66. The van der Waals surface area contributed by atoms with Crippen molar-refractivity contribution in [1.82, 2.24) is 4.98 Å². The van der Waals surface area contributed by atoms with Crippen molar-refractivity contribution >= 4 is 40.5 Å². The number of thioether (sulfide) groups is 1. The summed E-state index contributed by atoms with van der Waals surface area (Å²) < 4.78 is 5.76. The van der Waals surface area contributed by atoms with Crippen molar-refractivity contribution in [2.75, 3.05) is 5.75 Å². The minimum atomic E-state index is 0.0396. The maximum absolute atomic E-state index is 11.7. The molecule has 0 radical (unpaired) electrons. The van der Waals surface area contributed by atoms with Gasteiger partial charge in [-0.2, -0.15) is 0 Å². The Morgan fingerprint density at radius 1 is 1.62 bits per heavy atom. The van der Waals surface area contributed by atoms with E-state index in [1.165, 1.54) is 23.1 Å². The van der Waals surface area contributed by atoms with E-state index in [0.29, 0.717) is 20.2 Å². The zero-order valence-corrected chi connectivity index (χ0v) is 10.8. The molecule has 0 saturated carbocycles. The second-order valence-electron chi connectivity index (χ2n) is 3.07. The van der Waals surface area contributed by atoms with Crippen molar-refractivity contribution in [3.8, 4) is 0 Å². The van der Waals surface area contributed by atoms with Gasteiger partial charge in [0.25, 0.3) is 5.22 Å². The van der Waals surface area contributed by atoms with Gasteiger partial charge >= 0.3 is 0 Å². The topological polar surface area (TPSA) is 43.1 Å². The van der Waals surface area contributed by atoms with Gasteiger partial charge < -0.3 is 4.42 Å². The first-order chi connectivity index (χ1) is 7.65. The fourth-order valence-corrected chi connectivity index (χ4v) is 2.87. The number of nitrogens with zero attached hydrogens (tertiary/aromatic N) is 1. The molecule has 2 heterocycles. The summed E-state index contributed by atoms with van der Waals surface area (Å²) in [5.41, 5.74) is 0.814. The molecule has 2 rings (SSSR count). The highest BCUT2D eigenvalue weighted by molar-refractivity contribution is 7.99. The molecule has 0 aliphatic rings. The molecular weight excluding hydrogens is 266 g/mol. The van der Waals surface area contributed by atoms with Gasteiger partial charge in [-0.3, -0.25) is 4.79 Å². The molecular formula is C10H8ClNO2S2. The predicted octanol–water partition coefficient (Wildman–Crippen LogP) is 3.67. The Labute approximate surface area is 106 Å². The van der Waals surface area contributed by atoms with Crippen molar-refractivity contribution < 1.29 is 9.21 Å². The highest BCUT2D eigenvalue weighted by atomic mass is 35.5. The second-order valence-corrected chi connectivity index (χ2v) is 5.71.